The van der Waals surface area contributed by atoms with Crippen LogP contribution in [0.5, 0.6) is 0 Å². The number of aliphatic imine (C=N–C) groups is 1. The summed E-state index contributed by atoms with van der Waals surface area (Å²) in [5, 5.41) is 16.0. The average molecular weight is 589 g/mol. The maximum absolute atomic E-state index is 15.5. The first-order chi connectivity index (χ1) is 20.3. The van der Waals surface area contributed by atoms with Crippen molar-refractivity contribution in [3.63, 3.8) is 0 Å². The van der Waals surface area contributed by atoms with Crippen LogP contribution in [0.25, 0.3) is 27.8 Å². The van der Waals surface area contributed by atoms with Gasteiger partial charge in [-0.2, -0.15) is 9.49 Å². The minimum absolute atomic E-state index is 0.00479. The average Bonchev–Trinajstić information content (AvgIpc) is 3.29. The van der Waals surface area contributed by atoms with Gasteiger partial charge in [0.25, 0.3) is 12.0 Å². The molecule has 3 aromatic heterocycles. The maximum Gasteiger partial charge on any atom is 0.283 e. The first-order valence-corrected chi connectivity index (χ1v) is 13.7. The van der Waals surface area contributed by atoms with Gasteiger partial charge in [0, 0.05) is 45.6 Å². The molecule has 0 amide bonds. The van der Waals surface area contributed by atoms with Crippen LogP contribution in [0.4, 0.5) is 13.2 Å². The van der Waals surface area contributed by atoms with Crippen LogP contribution in [0.1, 0.15) is 54.0 Å². The summed E-state index contributed by atoms with van der Waals surface area (Å²) in [6.07, 6.45) is -0.607. The minimum atomic E-state index is -2.78. The molecule has 3 unspecified atom stereocenters. The monoisotopic (exact) mass is 588 g/mol. The van der Waals surface area contributed by atoms with E-state index < -0.39 is 24.1 Å². The molecule has 0 spiro atoms. The molecule has 9 nitrogen and oxygen atoms in total. The molecule has 0 radical (unpaired) electrons. The number of H-pyrrole nitrogens is 1. The fraction of sp³-hybridized carbons (Fsp3) is 0.241. The third-order valence-corrected chi connectivity index (χ3v) is 8.58. The molecule has 13 heteroatoms. The van der Waals surface area contributed by atoms with Crippen molar-refractivity contribution in [2.24, 2.45) is 10.9 Å². The molecular weight excluding hydrogens is 569 g/mol. The molecule has 2 aliphatic heterocycles. The van der Waals surface area contributed by atoms with Crippen LogP contribution in [0.3, 0.4) is 0 Å². The van der Waals surface area contributed by atoms with Crippen LogP contribution in [0.2, 0.25) is 5.02 Å². The van der Waals surface area contributed by atoms with Crippen molar-refractivity contribution >= 4 is 28.2 Å². The predicted molar refractivity (Wildman–Crippen MR) is 149 cm³/mol. The van der Waals surface area contributed by atoms with Gasteiger partial charge in [-0.3, -0.25) is 14.5 Å². The Morgan fingerprint density at radius 3 is 2.81 bits per heavy atom. The number of nitrogens with zero attached hydrogens (tertiary/aromatic N) is 7. The zero-order valence-electron chi connectivity index (χ0n) is 21.9. The number of aryl methyl sites for hydroxylation is 1. The predicted octanol–water partition coefficient (Wildman–Crippen LogP) is 6.00. The van der Waals surface area contributed by atoms with Crippen LogP contribution >= 0.6 is 11.6 Å². The second-order valence-corrected chi connectivity index (χ2v) is 11.3. The Balaban J connectivity index is 1.15. The van der Waals surface area contributed by atoms with Gasteiger partial charge in [0.2, 0.25) is 5.95 Å². The molecular formula is C29H20ClF3N8O. The number of aromatic nitrogens is 7. The lowest BCUT2D eigenvalue weighted by atomic mass is 9.96. The number of halogens is 4. The molecule has 1 aliphatic carbocycles. The summed E-state index contributed by atoms with van der Waals surface area (Å²) in [4.78, 5) is 22.7. The summed E-state index contributed by atoms with van der Waals surface area (Å²) in [5.74, 6) is 0.0261. The van der Waals surface area contributed by atoms with Crippen LogP contribution in [-0.2, 0) is 0 Å². The minimum Gasteiger partial charge on any atom is -0.289 e. The number of nitrogens with one attached hydrogen (secondary N) is 1. The highest BCUT2D eigenvalue weighted by Gasteiger charge is 2.56. The summed E-state index contributed by atoms with van der Waals surface area (Å²) in [5.41, 5.74) is 3.91. The van der Waals surface area contributed by atoms with Crippen molar-refractivity contribution in [1.82, 2.24) is 34.7 Å². The van der Waals surface area contributed by atoms with Gasteiger partial charge in [0.05, 0.1) is 34.8 Å². The van der Waals surface area contributed by atoms with E-state index in [9.17, 15) is 13.6 Å². The molecule has 1 saturated carbocycles. The normalized spacial score (nSPS) is 20.9. The molecule has 1 fully saturated rings. The van der Waals surface area contributed by atoms with E-state index in [-0.39, 0.29) is 23.8 Å². The summed E-state index contributed by atoms with van der Waals surface area (Å²) >= 11 is 6.28. The molecule has 0 saturated heterocycles. The summed E-state index contributed by atoms with van der Waals surface area (Å²) < 4.78 is 44.6. The fourth-order valence-corrected chi connectivity index (χ4v) is 6.44. The van der Waals surface area contributed by atoms with E-state index in [1.807, 2.05) is 25.1 Å². The Labute approximate surface area is 240 Å². The van der Waals surface area contributed by atoms with E-state index in [2.05, 4.69) is 25.5 Å². The van der Waals surface area contributed by atoms with Crippen molar-refractivity contribution < 1.29 is 13.2 Å². The van der Waals surface area contributed by atoms with Crippen molar-refractivity contribution in [2.45, 2.75) is 38.2 Å². The van der Waals surface area contributed by atoms with Gasteiger partial charge < -0.3 is 0 Å². The van der Waals surface area contributed by atoms with Crippen LogP contribution in [0.15, 0.2) is 70.0 Å². The number of fused-ring (bicyclic) bond motifs is 4. The molecule has 5 heterocycles. The van der Waals surface area contributed by atoms with Crippen molar-refractivity contribution in [1.29, 1.82) is 0 Å². The topological polar surface area (TPSA) is 107 Å². The lowest BCUT2D eigenvalue weighted by molar-refractivity contribution is 0.146. The van der Waals surface area contributed by atoms with E-state index in [1.54, 1.807) is 22.8 Å². The number of aromatic amines is 1. The van der Waals surface area contributed by atoms with Gasteiger partial charge in [0.15, 0.2) is 0 Å². The highest BCUT2D eigenvalue weighted by molar-refractivity contribution is 6.31. The molecule has 5 aromatic rings. The fourth-order valence-electron chi connectivity index (χ4n) is 6.26. The molecule has 0 bridgehead atoms. The van der Waals surface area contributed by atoms with Crippen LogP contribution in [0, 0.1) is 12.8 Å². The number of alkyl halides is 2. The quantitative estimate of drug-likeness (QED) is 0.254. The van der Waals surface area contributed by atoms with Gasteiger partial charge in [-0.15, -0.1) is 5.10 Å². The molecule has 8 rings (SSSR count). The molecule has 3 aliphatic rings. The highest BCUT2D eigenvalue weighted by Crippen LogP contribution is 2.61. The summed E-state index contributed by atoms with van der Waals surface area (Å²) in [7, 11) is 0. The Bertz CT molecular complexity index is 2080. The van der Waals surface area contributed by atoms with E-state index in [1.165, 1.54) is 10.7 Å². The third-order valence-electron chi connectivity index (χ3n) is 8.34. The standard InChI is InChI=1S/C29H20ClF3N8O/c1-12-15-4-2-13(6-22(15)37-36-12)20-9-19(28(33)34-20)26-16-8-17(16)29-35-21(10-25(42)41(26)29)18-7-14(30)3-5-24(18)40-11-23(27(31)32)38-39-40/h2-7,10-11,16-17,26-27H,8-9H2,1H3,(H,36,37). The van der Waals surface area contributed by atoms with E-state index in [0.717, 1.165) is 34.8 Å². The lowest BCUT2D eigenvalue weighted by Gasteiger charge is -2.20. The Hall–Kier alpha value is -4.58. The second kappa shape index (κ2) is 8.96. The summed E-state index contributed by atoms with van der Waals surface area (Å²) in [6.45, 7) is 1.94. The Kier molecular flexibility index (Phi) is 5.37. The first kappa shape index (κ1) is 25.2. The lowest BCUT2D eigenvalue weighted by Crippen LogP contribution is -2.27. The number of benzene rings is 2. The van der Waals surface area contributed by atoms with Crippen molar-refractivity contribution in [3.05, 3.63) is 98.3 Å². The largest absolute Gasteiger partial charge is 0.289 e. The van der Waals surface area contributed by atoms with Crippen LogP contribution < -0.4 is 5.56 Å². The first-order valence-electron chi connectivity index (χ1n) is 13.3. The SMILES string of the molecule is Cc1[nH]nc2cc(C3=NC(F)=C(C4C5CC5c5nc(-c6cc(Cl)ccc6-n6cc(C(F)F)nn6)cc(=O)n54)C3)ccc12. The molecule has 42 heavy (non-hydrogen) atoms. The van der Waals surface area contributed by atoms with E-state index >= 15 is 4.39 Å². The van der Waals surface area contributed by atoms with Crippen molar-refractivity contribution in [2.75, 3.05) is 0 Å². The van der Waals surface area contributed by atoms with Crippen molar-refractivity contribution in [3.8, 4) is 16.9 Å². The summed E-state index contributed by atoms with van der Waals surface area (Å²) in [6, 6.07) is 11.4. The van der Waals surface area contributed by atoms with Crippen LogP contribution in [-0.4, -0.2) is 40.5 Å². The van der Waals surface area contributed by atoms with Gasteiger partial charge in [-0.25, -0.2) is 23.4 Å². The molecule has 3 atom stereocenters. The Morgan fingerprint density at radius 1 is 1.14 bits per heavy atom. The van der Waals surface area contributed by atoms with Gasteiger partial charge in [-0.1, -0.05) is 28.9 Å². The van der Waals surface area contributed by atoms with E-state index in [0.29, 0.717) is 39.1 Å². The number of hydrogen-bond acceptors (Lipinski definition) is 6. The molecule has 2 aromatic carbocycles. The van der Waals surface area contributed by atoms with E-state index in [4.69, 9.17) is 16.6 Å². The number of rotatable bonds is 5. The molecule has 210 valence electrons. The third kappa shape index (κ3) is 3.78. The maximum atomic E-state index is 15.5. The number of allylic oxidation sites excluding steroid dienone is 1. The number of hydrogen-bond donors (Lipinski definition) is 1. The zero-order chi connectivity index (χ0) is 28.9. The highest BCUT2D eigenvalue weighted by atomic mass is 35.5. The van der Waals surface area contributed by atoms with Gasteiger partial charge >= 0.3 is 0 Å². The smallest absolute Gasteiger partial charge is 0.283 e. The second-order valence-electron chi connectivity index (χ2n) is 10.8. The van der Waals surface area contributed by atoms with Gasteiger partial charge in [0.1, 0.15) is 11.5 Å². The Morgan fingerprint density at radius 2 is 2.00 bits per heavy atom. The zero-order valence-corrected chi connectivity index (χ0v) is 22.6. The molecule has 1 N–H and O–H groups in total. The van der Waals surface area contributed by atoms with Gasteiger partial charge in [-0.05, 0) is 49.1 Å².